The minimum Gasteiger partial charge on any atom is -0.317 e. The first-order valence-corrected chi connectivity index (χ1v) is 2.21. The molecular weight excluding hydrogens is 108 g/mol. The summed E-state index contributed by atoms with van der Waals surface area (Å²) in [6.45, 7) is 2.50. The molecule has 30 valence electrons. The zero-order valence-electron chi connectivity index (χ0n) is 5.33. The predicted molar refractivity (Wildman–Crippen MR) is 22.1 cm³/mol. The van der Waals surface area contributed by atoms with E-state index in [4.69, 9.17) is 0 Å². The normalized spacial score (nSPS) is 17.1. The van der Waals surface area contributed by atoms with Gasteiger partial charge < -0.3 is 5.32 Å². The van der Waals surface area contributed by atoms with Gasteiger partial charge in [-0.05, 0) is 25.9 Å². The molecule has 0 aromatic heterocycles. The summed E-state index contributed by atoms with van der Waals surface area (Å²) in [5.74, 6) is 0. The smallest absolute Gasteiger partial charge is 0.317 e. The van der Waals surface area contributed by atoms with Crippen LogP contribution in [-0.2, 0) is 0 Å². The van der Waals surface area contributed by atoms with Gasteiger partial charge in [-0.25, -0.2) is 0 Å². The van der Waals surface area contributed by atoms with Gasteiger partial charge in [-0.3, -0.25) is 0 Å². The van der Waals surface area contributed by atoms with Crippen molar-refractivity contribution in [2.45, 2.75) is 12.8 Å². The maximum Gasteiger partial charge on any atom is 1.00 e. The average molecular weight is 117 g/mol. The Balaban J connectivity index is 0. The Labute approximate surface area is 89.2 Å². The van der Waals surface area contributed by atoms with Crippen LogP contribution in [0, 0.1) is 0 Å². The first-order valence-electron chi connectivity index (χ1n) is 2.21. The monoisotopic (exact) mass is 117 g/mol. The van der Waals surface area contributed by atoms with Crippen molar-refractivity contribution in [1.82, 2.24) is 5.32 Å². The Morgan fingerprint density at radius 2 is 1.29 bits per heavy atom. The van der Waals surface area contributed by atoms with Gasteiger partial charge in [0.25, 0.3) is 0 Å². The fraction of sp³-hybridized carbons (Fsp3) is 1.00. The molecule has 1 rings (SSSR count). The van der Waals surface area contributed by atoms with Crippen LogP contribution >= 0.6 is 0 Å². The molecule has 0 aromatic rings. The van der Waals surface area contributed by atoms with Crippen LogP contribution in [0.4, 0.5) is 0 Å². The molecule has 1 fully saturated rings. The summed E-state index contributed by atoms with van der Waals surface area (Å²) in [5, 5.41) is 3.22. The average Bonchev–Trinajstić information content (AvgIpc) is 1.76. The standard InChI is InChI=1S/C4H9N.2Na/c1-2-4-5-3-1;;/h5H,1-4H2;;/q;2*+1. The summed E-state index contributed by atoms with van der Waals surface area (Å²) in [5.41, 5.74) is 0. The molecule has 0 aliphatic carbocycles. The van der Waals surface area contributed by atoms with E-state index in [2.05, 4.69) is 5.32 Å². The van der Waals surface area contributed by atoms with Crippen molar-refractivity contribution < 1.29 is 59.1 Å². The van der Waals surface area contributed by atoms with Crippen LogP contribution in [0.25, 0.3) is 0 Å². The van der Waals surface area contributed by atoms with E-state index in [1.807, 2.05) is 0 Å². The molecule has 1 aliphatic rings. The van der Waals surface area contributed by atoms with Gasteiger partial charge in [-0.2, -0.15) is 0 Å². The maximum absolute atomic E-state index is 3.22. The van der Waals surface area contributed by atoms with E-state index in [9.17, 15) is 0 Å². The molecule has 1 nitrogen and oxygen atoms in total. The van der Waals surface area contributed by atoms with Crippen molar-refractivity contribution in [3.05, 3.63) is 0 Å². The number of hydrogen-bond donors (Lipinski definition) is 1. The maximum atomic E-state index is 3.22. The van der Waals surface area contributed by atoms with E-state index >= 15 is 0 Å². The Morgan fingerprint density at radius 3 is 1.43 bits per heavy atom. The molecule has 1 aliphatic heterocycles. The van der Waals surface area contributed by atoms with Gasteiger partial charge >= 0.3 is 59.1 Å². The Morgan fingerprint density at radius 1 is 0.857 bits per heavy atom. The molecule has 1 heterocycles. The number of nitrogens with one attached hydrogen (secondary N) is 1. The first-order chi connectivity index (χ1) is 2.50. The molecular formula is C4H9NNa2+2. The van der Waals surface area contributed by atoms with Crippen LogP contribution in [0.2, 0.25) is 0 Å². The minimum atomic E-state index is 0. The molecule has 0 aromatic carbocycles. The van der Waals surface area contributed by atoms with Gasteiger partial charge in [0.1, 0.15) is 0 Å². The van der Waals surface area contributed by atoms with Crippen LogP contribution in [0.3, 0.4) is 0 Å². The summed E-state index contributed by atoms with van der Waals surface area (Å²) < 4.78 is 0. The molecule has 1 saturated heterocycles. The molecule has 0 saturated carbocycles. The molecule has 0 unspecified atom stereocenters. The van der Waals surface area contributed by atoms with Crippen molar-refractivity contribution in [2.75, 3.05) is 13.1 Å². The Hall–Kier alpha value is 1.96. The van der Waals surface area contributed by atoms with Crippen LogP contribution in [0.15, 0.2) is 0 Å². The molecule has 0 radical (unpaired) electrons. The minimum absolute atomic E-state index is 0. The molecule has 0 spiro atoms. The predicted octanol–water partition coefficient (Wildman–Crippen LogP) is -5.62. The second-order valence-electron chi connectivity index (χ2n) is 1.46. The second kappa shape index (κ2) is 7.96. The molecule has 7 heavy (non-hydrogen) atoms. The SMILES string of the molecule is C1CCNC1.[Na+].[Na+]. The third kappa shape index (κ3) is 5.84. The van der Waals surface area contributed by atoms with E-state index in [1.54, 1.807) is 0 Å². The van der Waals surface area contributed by atoms with Crippen LogP contribution in [0.1, 0.15) is 12.8 Å². The van der Waals surface area contributed by atoms with Crippen LogP contribution in [-0.4, -0.2) is 13.1 Å². The van der Waals surface area contributed by atoms with Crippen LogP contribution < -0.4 is 64.4 Å². The molecule has 0 amide bonds. The first kappa shape index (κ1) is 11.7. The van der Waals surface area contributed by atoms with E-state index in [0.29, 0.717) is 0 Å². The summed E-state index contributed by atoms with van der Waals surface area (Å²) >= 11 is 0. The second-order valence-corrected chi connectivity index (χ2v) is 1.46. The van der Waals surface area contributed by atoms with E-state index in [-0.39, 0.29) is 59.1 Å². The molecule has 0 atom stereocenters. The van der Waals surface area contributed by atoms with Crippen molar-refractivity contribution in [3.8, 4) is 0 Å². The van der Waals surface area contributed by atoms with Crippen molar-refractivity contribution in [2.24, 2.45) is 0 Å². The largest absolute Gasteiger partial charge is 1.00 e. The quantitative estimate of drug-likeness (QED) is 0.312. The van der Waals surface area contributed by atoms with Gasteiger partial charge in [-0.15, -0.1) is 0 Å². The van der Waals surface area contributed by atoms with Crippen molar-refractivity contribution in [1.29, 1.82) is 0 Å². The number of rotatable bonds is 0. The van der Waals surface area contributed by atoms with E-state index < -0.39 is 0 Å². The van der Waals surface area contributed by atoms with Gasteiger partial charge in [-0.1, -0.05) is 0 Å². The summed E-state index contributed by atoms with van der Waals surface area (Å²) in [6, 6.07) is 0. The summed E-state index contributed by atoms with van der Waals surface area (Å²) in [7, 11) is 0. The summed E-state index contributed by atoms with van der Waals surface area (Å²) in [4.78, 5) is 0. The van der Waals surface area contributed by atoms with Gasteiger partial charge in [0.2, 0.25) is 0 Å². The molecule has 3 heteroatoms. The van der Waals surface area contributed by atoms with E-state index in [0.717, 1.165) is 0 Å². The third-order valence-corrected chi connectivity index (χ3v) is 0.957. The van der Waals surface area contributed by atoms with E-state index in [1.165, 1.54) is 25.9 Å². The molecule has 1 N–H and O–H groups in total. The van der Waals surface area contributed by atoms with Crippen LogP contribution in [0.5, 0.6) is 0 Å². The fourth-order valence-electron chi connectivity index (χ4n) is 0.625. The fourth-order valence-corrected chi connectivity index (χ4v) is 0.625. The zero-order valence-corrected chi connectivity index (χ0v) is 9.33. The van der Waals surface area contributed by atoms with Gasteiger partial charge in [0, 0.05) is 0 Å². The summed E-state index contributed by atoms with van der Waals surface area (Å²) in [6.07, 6.45) is 2.78. The van der Waals surface area contributed by atoms with Gasteiger partial charge in [0.05, 0.1) is 0 Å². The van der Waals surface area contributed by atoms with Crippen molar-refractivity contribution in [3.63, 3.8) is 0 Å². The third-order valence-electron chi connectivity index (χ3n) is 0.957. The van der Waals surface area contributed by atoms with Gasteiger partial charge in [0.15, 0.2) is 0 Å². The zero-order chi connectivity index (χ0) is 3.54. The Kier molecular flexibility index (Phi) is 13.3. The molecule has 0 bridgehead atoms. The number of hydrogen-bond acceptors (Lipinski definition) is 1. The Bertz CT molecular complexity index is 21.3. The topological polar surface area (TPSA) is 12.0 Å². The van der Waals surface area contributed by atoms with Crippen molar-refractivity contribution >= 4 is 0 Å².